The maximum Gasteiger partial charge on any atom is 0.521 e. The molecule has 1 aliphatic heterocycles. The molecule has 2 N–H and O–H groups in total. The molecule has 1 saturated heterocycles. The molecule has 1 fully saturated rings. The van der Waals surface area contributed by atoms with Crippen molar-refractivity contribution in [3.05, 3.63) is 71.8 Å². The highest BCUT2D eigenvalue weighted by Crippen LogP contribution is 2.56. The van der Waals surface area contributed by atoms with Gasteiger partial charge in [0.2, 0.25) is 7.37 Å². The number of hydrogen-bond donors (Lipinski definition) is 2. The van der Waals surface area contributed by atoms with Crippen LogP contribution in [0.25, 0.3) is 0 Å². The van der Waals surface area contributed by atoms with Gasteiger partial charge < -0.3 is 19.7 Å². The summed E-state index contributed by atoms with van der Waals surface area (Å²) < 4.78 is 24.8. The molecule has 41 heavy (non-hydrogen) atoms. The molecule has 10 heteroatoms. The quantitative estimate of drug-likeness (QED) is 0.137. The highest BCUT2D eigenvalue weighted by molar-refractivity contribution is 7.60. The molecular formula is C31H44N2O7P+. The molecule has 9 nitrogen and oxygen atoms in total. The number of imide groups is 1. The Hall–Kier alpha value is -3.00. The number of ether oxygens (including phenoxy) is 1. The zero-order chi connectivity index (χ0) is 29.7. The van der Waals surface area contributed by atoms with Gasteiger partial charge in [0.25, 0.3) is 0 Å². The zero-order valence-corrected chi connectivity index (χ0v) is 25.1. The van der Waals surface area contributed by atoms with Crippen LogP contribution in [0.3, 0.4) is 0 Å². The van der Waals surface area contributed by atoms with Crippen LogP contribution < -0.4 is 5.32 Å². The van der Waals surface area contributed by atoms with Crippen LogP contribution in [0.4, 0.5) is 9.59 Å². The summed E-state index contributed by atoms with van der Waals surface area (Å²) in [4.78, 5) is 38.9. The Morgan fingerprint density at radius 1 is 1.02 bits per heavy atom. The number of nitrogens with one attached hydrogen (secondary N) is 1. The second kappa shape index (κ2) is 15.9. The summed E-state index contributed by atoms with van der Waals surface area (Å²) in [5.41, 5.74) is 0.969. The number of aryl methyl sites for hydroxylation is 1. The average Bonchev–Trinajstić information content (AvgIpc) is 3.37. The molecule has 2 aromatic carbocycles. The van der Waals surface area contributed by atoms with Crippen molar-refractivity contribution in [3.63, 3.8) is 0 Å². The number of quaternary nitrogens is 1. The van der Waals surface area contributed by atoms with Gasteiger partial charge >= 0.3 is 18.1 Å². The Bertz CT molecular complexity index is 1180. The highest BCUT2D eigenvalue weighted by atomic mass is 31.2. The number of alkyl carbamates (subject to hydrolysis) is 1. The second-order valence-corrected chi connectivity index (χ2v) is 13.4. The maximum absolute atomic E-state index is 14.4. The van der Waals surface area contributed by atoms with Crippen LogP contribution in [0, 0.1) is 0 Å². The molecule has 0 radical (unpaired) electrons. The van der Waals surface area contributed by atoms with E-state index in [1.165, 1.54) is 5.56 Å². The number of carbonyl (C=O) groups is 3. The summed E-state index contributed by atoms with van der Waals surface area (Å²) in [6, 6.07) is 18.9. The van der Waals surface area contributed by atoms with E-state index >= 15 is 0 Å². The molecule has 0 spiro atoms. The van der Waals surface area contributed by atoms with Crippen molar-refractivity contribution in [2.75, 3.05) is 25.9 Å². The van der Waals surface area contributed by atoms with Crippen LogP contribution in [0.5, 0.6) is 0 Å². The van der Waals surface area contributed by atoms with Gasteiger partial charge in [-0.25, -0.2) is 9.59 Å². The van der Waals surface area contributed by atoms with Gasteiger partial charge in [-0.15, -0.1) is 0 Å². The number of benzene rings is 2. The monoisotopic (exact) mass is 587 g/mol. The third kappa shape index (κ3) is 8.74. The normalized spacial score (nSPS) is 20.6. The summed E-state index contributed by atoms with van der Waals surface area (Å²) in [5.74, 6) is -0.547. The van der Waals surface area contributed by atoms with E-state index in [-0.39, 0.29) is 38.9 Å². The molecule has 0 bridgehead atoms. The number of amides is 3. The Balaban J connectivity index is 1.69. The number of carboxylic acid groups (broad SMARTS) is 1. The zero-order valence-electron chi connectivity index (χ0n) is 24.2. The minimum Gasteiger partial charge on any atom is -0.445 e. The molecule has 3 amide bonds. The van der Waals surface area contributed by atoms with Crippen molar-refractivity contribution in [2.24, 2.45) is 0 Å². The molecule has 4 atom stereocenters. The molecule has 1 aliphatic rings. The molecule has 0 aromatic heterocycles. The molecule has 0 aliphatic carbocycles. The van der Waals surface area contributed by atoms with Gasteiger partial charge in [-0.05, 0) is 57.1 Å². The van der Waals surface area contributed by atoms with E-state index in [2.05, 4.69) is 5.32 Å². The number of rotatable bonds is 15. The number of nitrogens with zero attached hydrogens (tertiary/aromatic N) is 1. The largest absolute Gasteiger partial charge is 0.521 e. The first-order valence-electron chi connectivity index (χ1n) is 14.6. The van der Waals surface area contributed by atoms with Gasteiger partial charge in [0.1, 0.15) is 12.6 Å². The van der Waals surface area contributed by atoms with E-state index in [1.807, 2.05) is 60.7 Å². The number of carbonyl (C=O) groups excluding carboxylic acids is 2. The van der Waals surface area contributed by atoms with E-state index in [4.69, 9.17) is 9.26 Å². The van der Waals surface area contributed by atoms with Crippen LogP contribution >= 0.6 is 7.37 Å². The van der Waals surface area contributed by atoms with Gasteiger partial charge in [-0.1, -0.05) is 60.7 Å². The predicted octanol–water partition coefficient (Wildman–Crippen LogP) is 6.60. The fourth-order valence-corrected chi connectivity index (χ4v) is 8.47. The van der Waals surface area contributed by atoms with Crippen molar-refractivity contribution < 1.29 is 37.8 Å². The maximum atomic E-state index is 14.4. The van der Waals surface area contributed by atoms with E-state index in [0.717, 1.165) is 18.4 Å². The van der Waals surface area contributed by atoms with Crippen LogP contribution in [0.2, 0.25) is 0 Å². The second-order valence-electron chi connectivity index (χ2n) is 10.7. The van der Waals surface area contributed by atoms with Crippen molar-refractivity contribution in [1.29, 1.82) is 0 Å². The Kier molecular flexibility index (Phi) is 12.6. The van der Waals surface area contributed by atoms with Gasteiger partial charge in [0.05, 0.1) is 13.2 Å². The summed E-state index contributed by atoms with van der Waals surface area (Å²) in [5, 5.41) is 12.9. The third-order valence-corrected chi connectivity index (χ3v) is 11.0. The molecule has 1 heterocycles. The predicted molar refractivity (Wildman–Crippen MR) is 158 cm³/mol. The lowest BCUT2D eigenvalue weighted by atomic mass is 10.1. The number of unbranched alkanes of at least 4 members (excludes halogenated alkanes) is 1. The van der Waals surface area contributed by atoms with Crippen molar-refractivity contribution >= 4 is 25.5 Å². The molecule has 3 rings (SSSR count). The Morgan fingerprint density at radius 2 is 1.68 bits per heavy atom. The highest BCUT2D eigenvalue weighted by Gasteiger charge is 2.58. The SMILES string of the molecule is CCOP(=O)(CCCCc1ccccc1)C(CCCNC(=O)OCc1ccccc1)C(=O)[N+]1(C(=O)O)CCC[C@H]1C. The molecule has 2 aromatic rings. The lowest BCUT2D eigenvalue weighted by Gasteiger charge is -2.35. The van der Waals surface area contributed by atoms with E-state index in [9.17, 15) is 24.1 Å². The summed E-state index contributed by atoms with van der Waals surface area (Å²) >= 11 is 0. The summed E-state index contributed by atoms with van der Waals surface area (Å²) in [6.45, 7) is 4.17. The first-order chi connectivity index (χ1) is 19.7. The van der Waals surface area contributed by atoms with Gasteiger partial charge in [0.15, 0.2) is 5.66 Å². The fraction of sp³-hybridized carbons (Fsp3) is 0.516. The summed E-state index contributed by atoms with van der Waals surface area (Å²) in [7, 11) is -3.56. The first kappa shape index (κ1) is 32.5. The average molecular weight is 588 g/mol. The van der Waals surface area contributed by atoms with Crippen molar-refractivity contribution in [1.82, 2.24) is 5.32 Å². The minimum atomic E-state index is -3.56. The number of hydrogen-bond acceptors (Lipinski definition) is 6. The smallest absolute Gasteiger partial charge is 0.445 e. The van der Waals surface area contributed by atoms with E-state index in [1.54, 1.807) is 13.8 Å². The van der Waals surface area contributed by atoms with E-state index in [0.29, 0.717) is 25.7 Å². The Labute approximate surface area is 243 Å². The number of likely N-dealkylation sites (tertiary alicyclic amines) is 1. The Morgan fingerprint density at radius 3 is 2.27 bits per heavy atom. The standard InChI is InChI=1S/C31H43N2O7P/c1-3-40-41(38,23-11-10-17-26-15-6-4-7-16-26)28(29(34)33(31(36)37)22-13-14-25(33)2)20-12-21-32-30(35)39-24-27-18-8-5-9-19-27/h4-9,15-16,18-19,25,28H,3,10-14,17,20-24H2,1-2H3,(H-,32,35,36,37)/p+1/t25-,28?,33?,41?/m1/s1. The van der Waals surface area contributed by atoms with Crippen molar-refractivity contribution in [3.8, 4) is 0 Å². The van der Waals surface area contributed by atoms with Crippen LogP contribution in [0.1, 0.15) is 63.5 Å². The molecular weight excluding hydrogens is 543 g/mol. The first-order valence-corrected chi connectivity index (χ1v) is 16.5. The van der Waals surface area contributed by atoms with Crippen LogP contribution in [-0.4, -0.2) is 65.2 Å². The molecule has 3 unspecified atom stereocenters. The van der Waals surface area contributed by atoms with Gasteiger partial charge in [-0.3, -0.25) is 4.57 Å². The van der Waals surface area contributed by atoms with Gasteiger partial charge in [0, 0.05) is 25.5 Å². The lowest BCUT2D eigenvalue weighted by molar-refractivity contribution is -0.792. The topological polar surface area (TPSA) is 119 Å². The van der Waals surface area contributed by atoms with Crippen LogP contribution in [0.15, 0.2) is 60.7 Å². The minimum absolute atomic E-state index is 0.132. The molecule has 0 saturated carbocycles. The fourth-order valence-electron chi connectivity index (χ4n) is 5.63. The van der Waals surface area contributed by atoms with Gasteiger partial charge in [-0.2, -0.15) is 9.28 Å². The van der Waals surface area contributed by atoms with Crippen molar-refractivity contribution in [2.45, 2.75) is 77.1 Å². The molecule has 224 valence electrons. The summed E-state index contributed by atoms with van der Waals surface area (Å²) in [6.07, 6.45) is 2.26. The van der Waals surface area contributed by atoms with Crippen LogP contribution in [-0.2, 0) is 31.6 Å². The lowest BCUT2D eigenvalue weighted by Crippen LogP contribution is -2.61. The third-order valence-electron chi connectivity index (χ3n) is 7.89. The van der Waals surface area contributed by atoms with E-state index < -0.39 is 41.6 Å².